The summed E-state index contributed by atoms with van der Waals surface area (Å²) in [6.07, 6.45) is 8.22. The molecule has 0 fully saturated rings. The van der Waals surface area contributed by atoms with Crippen molar-refractivity contribution in [3.05, 3.63) is 49.1 Å². The zero-order valence-corrected chi connectivity index (χ0v) is 9.11. The lowest BCUT2D eigenvalue weighted by atomic mass is 10.7. The molecule has 2 aromatic rings. The van der Waals surface area contributed by atoms with E-state index in [-0.39, 0.29) is 0 Å². The highest BCUT2D eigenvalue weighted by atomic mass is 32.2. The van der Waals surface area contributed by atoms with E-state index in [4.69, 9.17) is 4.55 Å². The predicted octanol–water partition coefficient (Wildman–Crippen LogP) is 1.53. The largest absolute Gasteiger partial charge is 0.368 e. The van der Waals surface area contributed by atoms with Gasteiger partial charge in [-0.15, -0.1) is 0 Å². The Morgan fingerprint density at radius 1 is 0.867 bits per heavy atom. The molecule has 15 heavy (non-hydrogen) atoms. The fraction of sp³-hybridized carbons (Fsp3) is 0.111. The smallest absolute Gasteiger partial charge is 0.261 e. The number of hydrogen-bond acceptors (Lipinski definition) is 2. The SMILES string of the molecule is CS(=O)(=O)O.c1cc[nH]c1.c1cc[nH]c1. The number of hydrogen-bond donors (Lipinski definition) is 3. The van der Waals surface area contributed by atoms with E-state index in [1.165, 1.54) is 0 Å². The molecule has 0 saturated heterocycles. The van der Waals surface area contributed by atoms with E-state index in [0.717, 1.165) is 0 Å². The first-order valence-electron chi connectivity index (χ1n) is 4.08. The lowest BCUT2D eigenvalue weighted by Crippen LogP contribution is -1.88. The van der Waals surface area contributed by atoms with E-state index in [0.29, 0.717) is 6.26 Å². The van der Waals surface area contributed by atoms with Gasteiger partial charge >= 0.3 is 0 Å². The highest BCUT2D eigenvalue weighted by molar-refractivity contribution is 7.85. The average molecular weight is 230 g/mol. The van der Waals surface area contributed by atoms with Crippen molar-refractivity contribution >= 4 is 10.1 Å². The molecule has 2 heterocycles. The lowest BCUT2D eigenvalue weighted by molar-refractivity contribution is 0.490. The Morgan fingerprint density at radius 3 is 1.13 bits per heavy atom. The Balaban J connectivity index is 0.000000196. The van der Waals surface area contributed by atoms with Gasteiger partial charge in [0.15, 0.2) is 0 Å². The Bertz CT molecular complexity index is 324. The minimum Gasteiger partial charge on any atom is -0.368 e. The van der Waals surface area contributed by atoms with Crippen LogP contribution >= 0.6 is 0 Å². The highest BCUT2D eigenvalue weighted by Crippen LogP contribution is 1.72. The summed E-state index contributed by atoms with van der Waals surface area (Å²) in [5.41, 5.74) is 0. The molecule has 5 nitrogen and oxygen atoms in total. The molecule has 84 valence electrons. The third kappa shape index (κ3) is 19.1. The number of H-pyrrole nitrogens is 2. The average Bonchev–Trinajstić information content (AvgIpc) is 2.81. The fourth-order valence-electron chi connectivity index (χ4n) is 0.556. The Hall–Kier alpha value is -1.53. The molecule has 2 aromatic heterocycles. The molecule has 0 unspecified atom stereocenters. The molecule has 0 radical (unpaired) electrons. The fourth-order valence-corrected chi connectivity index (χ4v) is 0.556. The van der Waals surface area contributed by atoms with E-state index in [1.807, 2.05) is 49.1 Å². The summed E-state index contributed by atoms with van der Waals surface area (Å²) in [5, 5.41) is 0. The van der Waals surface area contributed by atoms with Gasteiger partial charge in [0.2, 0.25) is 0 Å². The van der Waals surface area contributed by atoms with Crippen molar-refractivity contribution in [2.24, 2.45) is 0 Å². The van der Waals surface area contributed by atoms with Crippen LogP contribution in [0.2, 0.25) is 0 Å². The Labute approximate surface area is 88.9 Å². The molecule has 3 N–H and O–H groups in total. The van der Waals surface area contributed by atoms with Crippen molar-refractivity contribution in [3.63, 3.8) is 0 Å². The zero-order chi connectivity index (χ0) is 11.6. The van der Waals surface area contributed by atoms with Gasteiger partial charge in [-0.1, -0.05) is 0 Å². The number of aromatic amines is 2. The molecular formula is C9H14N2O3S. The van der Waals surface area contributed by atoms with Gasteiger partial charge in [0.05, 0.1) is 6.26 Å². The molecular weight excluding hydrogens is 216 g/mol. The van der Waals surface area contributed by atoms with Gasteiger partial charge in [0, 0.05) is 24.8 Å². The van der Waals surface area contributed by atoms with Gasteiger partial charge in [-0.25, -0.2) is 0 Å². The maximum Gasteiger partial charge on any atom is 0.261 e. The molecule has 6 heteroatoms. The highest BCUT2D eigenvalue weighted by Gasteiger charge is 1.81. The van der Waals surface area contributed by atoms with Crippen LogP contribution in [0.5, 0.6) is 0 Å². The summed E-state index contributed by atoms with van der Waals surface area (Å²) in [4.78, 5) is 5.72. The second-order valence-electron chi connectivity index (χ2n) is 2.50. The summed E-state index contributed by atoms with van der Waals surface area (Å²) in [6, 6.07) is 7.78. The summed E-state index contributed by atoms with van der Waals surface area (Å²) in [5.74, 6) is 0. The quantitative estimate of drug-likeness (QED) is 0.600. The molecule has 0 atom stereocenters. The van der Waals surface area contributed by atoms with Crippen LogP contribution in [0.3, 0.4) is 0 Å². The first-order chi connectivity index (χ1) is 7.00. The van der Waals surface area contributed by atoms with Crippen molar-refractivity contribution in [1.82, 2.24) is 9.97 Å². The number of aromatic nitrogens is 2. The molecule has 0 aliphatic rings. The van der Waals surface area contributed by atoms with E-state index in [2.05, 4.69) is 9.97 Å². The normalized spacial score (nSPS) is 9.20. The molecule has 0 aliphatic carbocycles. The third-order valence-electron chi connectivity index (χ3n) is 0.992. The predicted molar refractivity (Wildman–Crippen MR) is 59.1 cm³/mol. The van der Waals surface area contributed by atoms with E-state index in [1.54, 1.807) is 0 Å². The van der Waals surface area contributed by atoms with Gasteiger partial charge in [-0.2, -0.15) is 8.42 Å². The maximum absolute atomic E-state index is 9.19. The van der Waals surface area contributed by atoms with Gasteiger partial charge in [0.25, 0.3) is 10.1 Å². The minimum absolute atomic E-state index is 0.715. The van der Waals surface area contributed by atoms with Crippen LogP contribution in [0.25, 0.3) is 0 Å². The van der Waals surface area contributed by atoms with Crippen LogP contribution in [-0.4, -0.2) is 29.2 Å². The molecule has 0 aliphatic heterocycles. The molecule has 0 bridgehead atoms. The second-order valence-corrected chi connectivity index (χ2v) is 3.97. The Morgan fingerprint density at radius 2 is 1.07 bits per heavy atom. The summed E-state index contributed by atoms with van der Waals surface area (Å²) in [7, 11) is -3.67. The van der Waals surface area contributed by atoms with Crippen LogP contribution in [-0.2, 0) is 10.1 Å². The molecule has 0 spiro atoms. The van der Waals surface area contributed by atoms with Crippen LogP contribution < -0.4 is 0 Å². The summed E-state index contributed by atoms with van der Waals surface area (Å²) >= 11 is 0. The molecule has 2 rings (SSSR count). The van der Waals surface area contributed by atoms with Crippen molar-refractivity contribution in [3.8, 4) is 0 Å². The van der Waals surface area contributed by atoms with E-state index < -0.39 is 10.1 Å². The van der Waals surface area contributed by atoms with Gasteiger partial charge < -0.3 is 9.97 Å². The van der Waals surface area contributed by atoms with Gasteiger partial charge in [-0.05, 0) is 24.3 Å². The number of nitrogens with one attached hydrogen (secondary N) is 2. The van der Waals surface area contributed by atoms with Crippen molar-refractivity contribution in [2.75, 3.05) is 6.26 Å². The van der Waals surface area contributed by atoms with Crippen LogP contribution in [0.1, 0.15) is 0 Å². The Kier molecular flexibility index (Phi) is 7.04. The zero-order valence-electron chi connectivity index (χ0n) is 8.29. The van der Waals surface area contributed by atoms with Crippen molar-refractivity contribution in [2.45, 2.75) is 0 Å². The minimum atomic E-state index is -3.67. The summed E-state index contributed by atoms with van der Waals surface area (Å²) in [6.45, 7) is 0. The summed E-state index contributed by atoms with van der Waals surface area (Å²) < 4.78 is 25.9. The van der Waals surface area contributed by atoms with Crippen molar-refractivity contribution < 1.29 is 13.0 Å². The topological polar surface area (TPSA) is 85.9 Å². The molecule has 0 aromatic carbocycles. The van der Waals surface area contributed by atoms with E-state index in [9.17, 15) is 8.42 Å². The second kappa shape index (κ2) is 7.84. The first-order valence-corrected chi connectivity index (χ1v) is 5.93. The molecule has 0 amide bonds. The molecule has 0 saturated carbocycles. The monoisotopic (exact) mass is 230 g/mol. The van der Waals surface area contributed by atoms with Crippen LogP contribution in [0, 0.1) is 0 Å². The van der Waals surface area contributed by atoms with Crippen LogP contribution in [0.4, 0.5) is 0 Å². The maximum atomic E-state index is 9.19. The van der Waals surface area contributed by atoms with Gasteiger partial charge in [-0.3, -0.25) is 4.55 Å². The standard InChI is InChI=1S/2C4H5N.CH4O3S/c2*1-2-4-5-3-1;1-5(2,3)4/h2*1-5H;1H3,(H,2,3,4). The van der Waals surface area contributed by atoms with Gasteiger partial charge in [0.1, 0.15) is 0 Å². The van der Waals surface area contributed by atoms with Crippen LogP contribution in [0.15, 0.2) is 49.1 Å². The van der Waals surface area contributed by atoms with E-state index >= 15 is 0 Å². The third-order valence-corrected chi connectivity index (χ3v) is 0.992. The van der Waals surface area contributed by atoms with Crippen molar-refractivity contribution in [1.29, 1.82) is 0 Å². The number of rotatable bonds is 0. The first kappa shape index (κ1) is 13.5. The lowest BCUT2D eigenvalue weighted by Gasteiger charge is -1.69.